The predicted molar refractivity (Wildman–Crippen MR) is 81.5 cm³/mol. The van der Waals surface area contributed by atoms with Gasteiger partial charge in [0.25, 0.3) is 0 Å². The molecule has 124 valence electrons. The van der Waals surface area contributed by atoms with Crippen LogP contribution in [0.25, 0.3) is 0 Å². The lowest BCUT2D eigenvalue weighted by Gasteiger charge is -2.40. The Morgan fingerprint density at radius 1 is 1.05 bits per heavy atom. The number of carboxylic acids is 1. The fourth-order valence-electron chi connectivity index (χ4n) is 5.76. The first-order valence-electron chi connectivity index (χ1n) is 8.78. The van der Waals surface area contributed by atoms with Crippen molar-refractivity contribution in [1.82, 2.24) is 5.32 Å². The maximum atomic E-state index is 12.7. The molecule has 0 unspecified atom stereocenters. The summed E-state index contributed by atoms with van der Waals surface area (Å²) in [4.78, 5) is 24.2. The van der Waals surface area contributed by atoms with Crippen molar-refractivity contribution in [1.29, 1.82) is 0 Å². The highest BCUT2D eigenvalue weighted by molar-refractivity contribution is 5.85. The first-order chi connectivity index (χ1) is 10.3. The maximum absolute atomic E-state index is 12.7. The molecule has 0 aromatic carbocycles. The van der Waals surface area contributed by atoms with E-state index in [0.29, 0.717) is 5.92 Å². The van der Waals surface area contributed by atoms with E-state index in [0.717, 1.165) is 32.1 Å². The summed E-state index contributed by atoms with van der Waals surface area (Å²) >= 11 is 0. The largest absolute Gasteiger partial charge is 0.550 e. The van der Waals surface area contributed by atoms with E-state index in [4.69, 9.17) is 0 Å². The van der Waals surface area contributed by atoms with Gasteiger partial charge in [-0.3, -0.25) is 4.79 Å². The fraction of sp³-hybridized carbons (Fsp3) is 0.889. The lowest BCUT2D eigenvalue weighted by atomic mass is 9.70. The van der Waals surface area contributed by atoms with Gasteiger partial charge in [0.15, 0.2) is 0 Å². The van der Waals surface area contributed by atoms with Crippen LogP contribution in [0.3, 0.4) is 0 Å². The Balaban J connectivity index is 1.68. The Hall–Kier alpha value is -1.06. The third-order valence-electron chi connectivity index (χ3n) is 6.22. The van der Waals surface area contributed by atoms with E-state index in [1.807, 2.05) is 0 Å². The van der Waals surface area contributed by atoms with Crippen LogP contribution in [0.4, 0.5) is 0 Å². The van der Waals surface area contributed by atoms with Gasteiger partial charge in [-0.2, -0.15) is 0 Å². The summed E-state index contributed by atoms with van der Waals surface area (Å²) in [6.45, 7) is 6.74. The summed E-state index contributed by atoms with van der Waals surface area (Å²) in [7, 11) is 0. The van der Waals surface area contributed by atoms with Crippen molar-refractivity contribution in [2.75, 3.05) is 0 Å². The van der Waals surface area contributed by atoms with Crippen LogP contribution in [0.1, 0.15) is 59.3 Å². The minimum Gasteiger partial charge on any atom is -0.550 e. The van der Waals surface area contributed by atoms with Gasteiger partial charge < -0.3 is 15.2 Å². The van der Waals surface area contributed by atoms with Gasteiger partial charge in [-0.25, -0.2) is 0 Å². The second-order valence-corrected chi connectivity index (χ2v) is 8.82. The van der Waals surface area contributed by atoms with Crippen molar-refractivity contribution < 1.29 is 14.7 Å². The molecule has 3 saturated carbocycles. The second kappa shape index (κ2) is 5.54. The van der Waals surface area contributed by atoms with Crippen LogP contribution in [-0.2, 0) is 9.59 Å². The van der Waals surface area contributed by atoms with Crippen molar-refractivity contribution in [3.8, 4) is 0 Å². The van der Waals surface area contributed by atoms with Gasteiger partial charge in [0.2, 0.25) is 5.91 Å². The van der Waals surface area contributed by atoms with E-state index < -0.39 is 11.9 Å². The zero-order chi connectivity index (χ0) is 16.1. The summed E-state index contributed by atoms with van der Waals surface area (Å²) in [6, 6.07) is 0.188. The third-order valence-corrected chi connectivity index (χ3v) is 6.22. The van der Waals surface area contributed by atoms with Crippen LogP contribution in [0.15, 0.2) is 0 Å². The molecule has 22 heavy (non-hydrogen) atoms. The number of amides is 1. The predicted octanol–water partition coefficient (Wildman–Crippen LogP) is 1.73. The van der Waals surface area contributed by atoms with Gasteiger partial charge in [-0.05, 0) is 61.7 Å². The number of nitrogens with one attached hydrogen (secondary N) is 1. The minimum absolute atomic E-state index is 0.0312. The topological polar surface area (TPSA) is 69.2 Å². The van der Waals surface area contributed by atoms with Gasteiger partial charge >= 0.3 is 0 Å². The number of hydrogen-bond acceptors (Lipinski definition) is 3. The molecule has 1 N–H and O–H groups in total. The SMILES string of the molecule is C[C@@H]1C[C@@H](NC(=O)[C@@H]2[C@@H]3CC[C@@H](C3)[C@@H]2C(=O)[O-])CC(C)(C)C1. The van der Waals surface area contributed by atoms with E-state index >= 15 is 0 Å². The molecule has 3 fully saturated rings. The quantitative estimate of drug-likeness (QED) is 0.863. The number of carbonyl (C=O) groups excluding carboxylic acids is 2. The molecule has 3 rings (SSSR count). The first-order valence-corrected chi connectivity index (χ1v) is 8.78. The van der Waals surface area contributed by atoms with Crippen molar-refractivity contribution in [2.45, 2.75) is 65.3 Å². The standard InChI is InChI=1S/C18H29NO3/c1-10-6-13(9-18(2,3)8-10)19-16(20)14-11-4-5-12(7-11)15(14)17(21)22/h10-15H,4-9H2,1-3H3,(H,19,20)(H,21,22)/p-1/t10-,11-,12+,13-,14-,15+/m1/s1. The number of carboxylic acid groups (broad SMARTS) is 1. The van der Waals surface area contributed by atoms with Crippen molar-refractivity contribution in [2.24, 2.45) is 35.0 Å². The molecule has 3 aliphatic carbocycles. The number of fused-ring (bicyclic) bond motifs is 2. The number of carbonyl (C=O) groups is 2. The van der Waals surface area contributed by atoms with E-state index in [-0.39, 0.29) is 35.1 Å². The smallest absolute Gasteiger partial charge is 0.224 e. The number of rotatable bonds is 3. The van der Waals surface area contributed by atoms with Crippen LogP contribution in [0.5, 0.6) is 0 Å². The normalized spacial score (nSPS) is 43.0. The van der Waals surface area contributed by atoms with Crippen LogP contribution in [-0.4, -0.2) is 17.9 Å². The summed E-state index contributed by atoms with van der Waals surface area (Å²) in [6.07, 6.45) is 6.02. The summed E-state index contributed by atoms with van der Waals surface area (Å²) in [5.74, 6) is -0.960. The molecule has 6 atom stereocenters. The zero-order valence-corrected chi connectivity index (χ0v) is 13.9. The Kier molecular flexibility index (Phi) is 3.98. The average Bonchev–Trinajstić information content (AvgIpc) is 2.95. The Bertz CT molecular complexity index is 473. The molecular formula is C18H28NO3-. The molecule has 0 aromatic heterocycles. The van der Waals surface area contributed by atoms with Gasteiger partial charge in [0.1, 0.15) is 0 Å². The van der Waals surface area contributed by atoms with E-state index in [1.165, 1.54) is 6.42 Å². The molecule has 4 heteroatoms. The highest BCUT2D eigenvalue weighted by atomic mass is 16.4. The van der Waals surface area contributed by atoms with Crippen LogP contribution >= 0.6 is 0 Å². The van der Waals surface area contributed by atoms with Gasteiger partial charge in [-0.15, -0.1) is 0 Å². The number of aliphatic carboxylic acids is 1. The summed E-state index contributed by atoms with van der Waals surface area (Å²) in [5, 5.41) is 14.6. The Morgan fingerprint density at radius 3 is 2.27 bits per heavy atom. The zero-order valence-electron chi connectivity index (χ0n) is 13.9. The van der Waals surface area contributed by atoms with Crippen molar-refractivity contribution in [3.05, 3.63) is 0 Å². The number of hydrogen-bond donors (Lipinski definition) is 1. The van der Waals surface area contributed by atoms with Gasteiger partial charge in [-0.1, -0.05) is 20.8 Å². The van der Waals surface area contributed by atoms with Crippen LogP contribution in [0, 0.1) is 35.0 Å². The van der Waals surface area contributed by atoms with Crippen LogP contribution in [0.2, 0.25) is 0 Å². The Labute approximate surface area is 133 Å². The maximum Gasteiger partial charge on any atom is 0.224 e. The van der Waals surface area contributed by atoms with Gasteiger partial charge in [0.05, 0.1) is 0 Å². The first kappa shape index (κ1) is 15.8. The van der Waals surface area contributed by atoms with Crippen LogP contribution < -0.4 is 10.4 Å². The van der Waals surface area contributed by atoms with E-state index in [1.54, 1.807) is 0 Å². The van der Waals surface area contributed by atoms with E-state index in [2.05, 4.69) is 26.1 Å². The minimum atomic E-state index is -1.02. The molecular weight excluding hydrogens is 278 g/mol. The van der Waals surface area contributed by atoms with Crippen molar-refractivity contribution >= 4 is 11.9 Å². The summed E-state index contributed by atoms with van der Waals surface area (Å²) in [5.41, 5.74) is 0.248. The molecule has 0 heterocycles. The van der Waals surface area contributed by atoms with Crippen molar-refractivity contribution in [3.63, 3.8) is 0 Å². The molecule has 0 aromatic rings. The molecule has 0 spiro atoms. The molecule has 3 aliphatic rings. The lowest BCUT2D eigenvalue weighted by Crippen LogP contribution is -2.50. The molecule has 1 amide bonds. The second-order valence-electron chi connectivity index (χ2n) is 8.82. The molecule has 0 radical (unpaired) electrons. The Morgan fingerprint density at radius 2 is 1.68 bits per heavy atom. The fourth-order valence-corrected chi connectivity index (χ4v) is 5.76. The molecule has 4 nitrogen and oxygen atoms in total. The highest BCUT2D eigenvalue weighted by Crippen LogP contribution is 2.52. The molecule has 2 bridgehead atoms. The average molecular weight is 306 g/mol. The molecule has 0 aliphatic heterocycles. The summed E-state index contributed by atoms with van der Waals surface area (Å²) < 4.78 is 0. The third kappa shape index (κ3) is 2.89. The highest BCUT2D eigenvalue weighted by Gasteiger charge is 2.51. The molecule has 0 saturated heterocycles. The van der Waals surface area contributed by atoms with E-state index in [9.17, 15) is 14.7 Å². The van der Waals surface area contributed by atoms with Gasteiger partial charge in [0, 0.05) is 23.8 Å². The lowest BCUT2D eigenvalue weighted by molar-refractivity contribution is -0.314. The monoisotopic (exact) mass is 306 g/mol.